The summed E-state index contributed by atoms with van der Waals surface area (Å²) in [5.74, 6) is -0.646. The molecule has 7 nitrogen and oxygen atoms in total. The summed E-state index contributed by atoms with van der Waals surface area (Å²) in [6.45, 7) is 3.98. The van der Waals surface area contributed by atoms with Crippen LogP contribution >= 0.6 is 23.2 Å². The van der Waals surface area contributed by atoms with Crippen molar-refractivity contribution in [3.63, 3.8) is 0 Å². The molecule has 39 heavy (non-hydrogen) atoms. The number of benzene rings is 3. The predicted molar refractivity (Wildman–Crippen MR) is 157 cm³/mol. The minimum Gasteiger partial charge on any atom is -0.354 e. The van der Waals surface area contributed by atoms with E-state index in [2.05, 4.69) is 5.32 Å². The van der Waals surface area contributed by atoms with Crippen LogP contribution in [-0.2, 0) is 32.6 Å². The van der Waals surface area contributed by atoms with Crippen LogP contribution in [0.15, 0.2) is 78.9 Å². The van der Waals surface area contributed by atoms with Gasteiger partial charge >= 0.3 is 0 Å². The van der Waals surface area contributed by atoms with E-state index in [1.54, 1.807) is 0 Å². The summed E-state index contributed by atoms with van der Waals surface area (Å²) in [5, 5.41) is 3.42. The molecule has 3 rings (SSSR count). The molecule has 0 spiro atoms. The largest absolute Gasteiger partial charge is 0.354 e. The molecule has 3 aromatic rings. The van der Waals surface area contributed by atoms with E-state index in [1.807, 2.05) is 74.5 Å². The molecule has 1 N–H and O–H groups in total. The summed E-state index contributed by atoms with van der Waals surface area (Å²) >= 11 is 12.3. The van der Waals surface area contributed by atoms with Gasteiger partial charge in [0.2, 0.25) is 21.8 Å². The Kier molecular flexibility index (Phi) is 10.8. The van der Waals surface area contributed by atoms with E-state index in [4.69, 9.17) is 23.2 Å². The number of anilines is 1. The number of carbonyl (C=O) groups excluding carboxylic acids is 2. The SMILES string of the molecule is CC(C)CNC(=O)C(Cc1ccccc1)N(Cc1ccccc1)C(=O)CN(c1cc(Cl)cc(Cl)c1)S(C)(=O)=O. The van der Waals surface area contributed by atoms with Gasteiger partial charge in [-0.15, -0.1) is 0 Å². The Morgan fingerprint density at radius 2 is 1.41 bits per heavy atom. The van der Waals surface area contributed by atoms with Crippen LogP contribution in [0, 0.1) is 5.92 Å². The molecule has 1 atom stereocenters. The third-order valence-electron chi connectivity index (χ3n) is 5.97. The van der Waals surface area contributed by atoms with Gasteiger partial charge < -0.3 is 10.2 Å². The van der Waals surface area contributed by atoms with E-state index in [0.29, 0.717) is 6.54 Å². The van der Waals surface area contributed by atoms with Gasteiger partial charge in [0.1, 0.15) is 12.6 Å². The molecule has 208 valence electrons. The quantitative estimate of drug-likeness (QED) is 0.315. The van der Waals surface area contributed by atoms with Crippen LogP contribution in [0.3, 0.4) is 0 Å². The Balaban J connectivity index is 2.04. The Hall–Kier alpha value is -3.07. The van der Waals surface area contributed by atoms with E-state index >= 15 is 0 Å². The molecule has 10 heteroatoms. The number of carbonyl (C=O) groups is 2. The molecule has 2 amide bonds. The van der Waals surface area contributed by atoms with Crippen molar-refractivity contribution in [3.8, 4) is 0 Å². The summed E-state index contributed by atoms with van der Waals surface area (Å²) in [6.07, 6.45) is 1.26. The Morgan fingerprint density at radius 3 is 1.92 bits per heavy atom. The van der Waals surface area contributed by atoms with E-state index < -0.39 is 28.5 Å². The van der Waals surface area contributed by atoms with E-state index in [0.717, 1.165) is 21.7 Å². The molecule has 3 aromatic carbocycles. The van der Waals surface area contributed by atoms with Gasteiger partial charge in [-0.2, -0.15) is 0 Å². The number of hydrogen-bond donors (Lipinski definition) is 1. The molecule has 0 saturated heterocycles. The van der Waals surface area contributed by atoms with Crippen LogP contribution in [0.2, 0.25) is 10.0 Å². The lowest BCUT2D eigenvalue weighted by molar-refractivity contribution is -0.140. The molecule has 0 aromatic heterocycles. The highest BCUT2D eigenvalue weighted by Gasteiger charge is 2.33. The lowest BCUT2D eigenvalue weighted by atomic mass is 10.0. The minimum atomic E-state index is -3.91. The van der Waals surface area contributed by atoms with Crippen molar-refractivity contribution in [2.45, 2.75) is 32.9 Å². The molecule has 0 aliphatic rings. The average Bonchev–Trinajstić information content (AvgIpc) is 2.87. The van der Waals surface area contributed by atoms with Crippen LogP contribution in [0.1, 0.15) is 25.0 Å². The molecular weight excluding hydrogens is 557 g/mol. The van der Waals surface area contributed by atoms with Crippen LogP contribution in [-0.4, -0.2) is 50.5 Å². The minimum absolute atomic E-state index is 0.111. The van der Waals surface area contributed by atoms with Gasteiger partial charge in [-0.05, 0) is 35.2 Å². The van der Waals surface area contributed by atoms with Gasteiger partial charge in [-0.3, -0.25) is 13.9 Å². The number of halogens is 2. The van der Waals surface area contributed by atoms with Crippen molar-refractivity contribution < 1.29 is 18.0 Å². The third kappa shape index (κ3) is 9.27. The molecule has 0 aliphatic carbocycles. The van der Waals surface area contributed by atoms with Crippen LogP contribution in [0.5, 0.6) is 0 Å². The second-order valence-electron chi connectivity index (χ2n) is 9.75. The van der Waals surface area contributed by atoms with Gasteiger partial charge in [-0.25, -0.2) is 8.42 Å². The number of nitrogens with one attached hydrogen (secondary N) is 1. The van der Waals surface area contributed by atoms with Crippen LogP contribution in [0.25, 0.3) is 0 Å². The highest BCUT2D eigenvalue weighted by atomic mass is 35.5. The van der Waals surface area contributed by atoms with E-state index in [1.165, 1.54) is 23.1 Å². The van der Waals surface area contributed by atoms with Gasteiger partial charge in [0.25, 0.3) is 0 Å². The lowest BCUT2D eigenvalue weighted by Gasteiger charge is -2.33. The van der Waals surface area contributed by atoms with Crippen molar-refractivity contribution >= 4 is 50.7 Å². The summed E-state index contributed by atoms with van der Waals surface area (Å²) in [7, 11) is -3.91. The molecule has 0 bridgehead atoms. The third-order valence-corrected chi connectivity index (χ3v) is 7.54. The molecule has 0 fully saturated rings. The Bertz CT molecular complexity index is 1350. The number of rotatable bonds is 12. The Labute approximate surface area is 240 Å². The van der Waals surface area contributed by atoms with Gasteiger partial charge in [0, 0.05) is 29.6 Å². The maximum absolute atomic E-state index is 14.0. The number of nitrogens with zero attached hydrogens (tertiary/aromatic N) is 2. The molecule has 0 aliphatic heterocycles. The first-order chi connectivity index (χ1) is 18.4. The van der Waals surface area contributed by atoms with E-state index in [-0.39, 0.29) is 40.5 Å². The zero-order valence-corrected chi connectivity index (χ0v) is 24.5. The average molecular weight is 591 g/mol. The van der Waals surface area contributed by atoms with Crippen LogP contribution in [0.4, 0.5) is 5.69 Å². The molecule has 0 saturated carbocycles. The molecule has 0 heterocycles. The highest BCUT2D eigenvalue weighted by molar-refractivity contribution is 7.92. The Morgan fingerprint density at radius 1 is 0.872 bits per heavy atom. The second kappa shape index (κ2) is 13.8. The standard InChI is InChI=1S/C29H33Cl2N3O4S/c1-21(2)18-32-29(36)27(14-22-10-6-4-7-11-22)33(19-23-12-8-5-9-13-23)28(35)20-34(39(3,37)38)26-16-24(30)15-25(31)17-26/h4-13,15-17,21,27H,14,18-20H2,1-3H3,(H,32,36). The highest BCUT2D eigenvalue weighted by Crippen LogP contribution is 2.27. The number of sulfonamides is 1. The first-order valence-electron chi connectivity index (χ1n) is 12.5. The van der Waals surface area contributed by atoms with Crippen molar-refractivity contribution in [2.24, 2.45) is 5.92 Å². The second-order valence-corrected chi connectivity index (χ2v) is 12.5. The summed E-state index contributed by atoms with van der Waals surface area (Å²) < 4.78 is 26.6. The fourth-order valence-electron chi connectivity index (χ4n) is 4.05. The van der Waals surface area contributed by atoms with Crippen molar-refractivity contribution in [1.82, 2.24) is 10.2 Å². The summed E-state index contributed by atoms with van der Waals surface area (Å²) in [5.41, 5.74) is 1.83. The summed E-state index contributed by atoms with van der Waals surface area (Å²) in [6, 6.07) is 22.1. The zero-order chi connectivity index (χ0) is 28.6. The van der Waals surface area contributed by atoms with Crippen molar-refractivity contribution in [1.29, 1.82) is 0 Å². The topological polar surface area (TPSA) is 86.8 Å². The fourth-order valence-corrected chi connectivity index (χ4v) is 5.40. The van der Waals surface area contributed by atoms with E-state index in [9.17, 15) is 18.0 Å². The zero-order valence-electron chi connectivity index (χ0n) is 22.2. The first-order valence-corrected chi connectivity index (χ1v) is 15.1. The van der Waals surface area contributed by atoms with Crippen molar-refractivity contribution in [2.75, 3.05) is 23.7 Å². The van der Waals surface area contributed by atoms with Gasteiger partial charge in [0.15, 0.2) is 0 Å². The van der Waals surface area contributed by atoms with Gasteiger partial charge in [-0.1, -0.05) is 97.7 Å². The maximum atomic E-state index is 14.0. The van der Waals surface area contributed by atoms with Gasteiger partial charge in [0.05, 0.1) is 11.9 Å². The number of amides is 2. The molecular formula is C29H33Cl2N3O4S. The fraction of sp³-hybridized carbons (Fsp3) is 0.310. The summed E-state index contributed by atoms with van der Waals surface area (Å²) in [4.78, 5) is 29.0. The normalized spacial score (nSPS) is 12.2. The molecule has 1 unspecified atom stereocenters. The van der Waals surface area contributed by atoms with Crippen molar-refractivity contribution in [3.05, 3.63) is 100 Å². The smallest absolute Gasteiger partial charge is 0.244 e. The monoisotopic (exact) mass is 589 g/mol. The first kappa shape index (κ1) is 30.5. The maximum Gasteiger partial charge on any atom is 0.244 e. The van der Waals surface area contributed by atoms with Crippen LogP contribution < -0.4 is 9.62 Å². The predicted octanol–water partition coefficient (Wildman–Crippen LogP) is 5.17. The number of hydrogen-bond acceptors (Lipinski definition) is 4. The molecule has 0 radical (unpaired) electrons. The lowest BCUT2D eigenvalue weighted by Crippen LogP contribution is -2.53.